The Hall–Kier alpha value is -2.54. The number of benzene rings is 1. The van der Waals surface area contributed by atoms with Crippen LogP contribution in [0.5, 0.6) is 0 Å². The van der Waals surface area contributed by atoms with Crippen molar-refractivity contribution in [3.63, 3.8) is 0 Å². The average molecular weight is 317 g/mol. The molecule has 112 valence electrons. The van der Waals surface area contributed by atoms with Crippen LogP contribution in [0.4, 0.5) is 9.52 Å². The van der Waals surface area contributed by atoms with Crippen LogP contribution in [0.25, 0.3) is 11.3 Å². The summed E-state index contributed by atoms with van der Waals surface area (Å²) >= 11 is 1.34. The van der Waals surface area contributed by atoms with E-state index in [2.05, 4.69) is 15.5 Å². The Balaban J connectivity index is 1.83. The highest BCUT2D eigenvalue weighted by Gasteiger charge is 2.16. The average Bonchev–Trinajstić information content (AvgIpc) is 3.06. The van der Waals surface area contributed by atoms with Gasteiger partial charge in [0.05, 0.1) is 11.4 Å². The Bertz CT molecular complexity index is 824. The molecule has 0 unspecified atom stereocenters. The number of aryl methyl sites for hydroxylation is 2. The second-order valence-electron chi connectivity index (χ2n) is 4.72. The lowest BCUT2D eigenvalue weighted by Crippen LogP contribution is -2.10. The van der Waals surface area contributed by atoms with E-state index in [9.17, 15) is 9.18 Å². The Labute approximate surface area is 129 Å². The summed E-state index contributed by atoms with van der Waals surface area (Å²) in [5.74, 6) is -0.570. The van der Waals surface area contributed by atoms with Gasteiger partial charge in [-0.1, -0.05) is 5.16 Å². The highest BCUT2D eigenvalue weighted by atomic mass is 32.1. The van der Waals surface area contributed by atoms with E-state index < -0.39 is 5.91 Å². The van der Waals surface area contributed by atoms with Crippen molar-refractivity contribution < 1.29 is 13.7 Å². The van der Waals surface area contributed by atoms with Gasteiger partial charge in [0.2, 0.25) is 5.76 Å². The van der Waals surface area contributed by atoms with Crippen LogP contribution in [0.15, 0.2) is 34.9 Å². The van der Waals surface area contributed by atoms with Crippen LogP contribution in [0.2, 0.25) is 0 Å². The fourth-order valence-electron chi connectivity index (χ4n) is 1.95. The monoisotopic (exact) mass is 317 g/mol. The predicted octanol–water partition coefficient (Wildman–Crippen LogP) is 3.81. The van der Waals surface area contributed by atoms with Gasteiger partial charge in [0, 0.05) is 16.5 Å². The first kappa shape index (κ1) is 14.4. The van der Waals surface area contributed by atoms with E-state index in [1.54, 1.807) is 25.1 Å². The van der Waals surface area contributed by atoms with Gasteiger partial charge in [0.25, 0.3) is 5.91 Å². The highest BCUT2D eigenvalue weighted by molar-refractivity contribution is 7.16. The van der Waals surface area contributed by atoms with Crippen LogP contribution in [-0.4, -0.2) is 16.0 Å². The number of nitrogens with zero attached hydrogens (tertiary/aromatic N) is 2. The number of halogens is 1. The summed E-state index contributed by atoms with van der Waals surface area (Å²) in [6, 6.07) is 7.62. The zero-order chi connectivity index (χ0) is 15.7. The number of carbonyl (C=O) groups excluding carboxylic acids is 1. The van der Waals surface area contributed by atoms with Crippen molar-refractivity contribution in [1.82, 2.24) is 10.1 Å². The van der Waals surface area contributed by atoms with Gasteiger partial charge in [-0.05, 0) is 38.1 Å². The van der Waals surface area contributed by atoms with E-state index in [1.807, 2.05) is 6.92 Å². The van der Waals surface area contributed by atoms with E-state index >= 15 is 0 Å². The van der Waals surface area contributed by atoms with E-state index in [0.717, 1.165) is 10.4 Å². The number of hydrogen-bond acceptors (Lipinski definition) is 5. The number of nitrogens with one attached hydrogen (secondary N) is 1. The highest BCUT2D eigenvalue weighted by Crippen LogP contribution is 2.30. The van der Waals surface area contributed by atoms with Crippen LogP contribution in [0.1, 0.15) is 21.1 Å². The van der Waals surface area contributed by atoms with Gasteiger partial charge in [-0.3, -0.25) is 10.1 Å². The molecule has 0 aliphatic rings. The van der Waals surface area contributed by atoms with Crippen molar-refractivity contribution >= 4 is 22.4 Å². The van der Waals surface area contributed by atoms with Crippen molar-refractivity contribution in [2.45, 2.75) is 13.8 Å². The lowest BCUT2D eigenvalue weighted by Gasteiger charge is -1.98. The molecule has 1 N–H and O–H groups in total. The third-order valence-electron chi connectivity index (χ3n) is 2.99. The minimum atomic E-state index is -0.403. The molecule has 3 aromatic rings. The van der Waals surface area contributed by atoms with E-state index in [1.165, 1.54) is 23.5 Å². The quantitative estimate of drug-likeness (QED) is 0.797. The van der Waals surface area contributed by atoms with Gasteiger partial charge in [0.15, 0.2) is 5.13 Å². The zero-order valence-electron chi connectivity index (χ0n) is 11.9. The minimum Gasteiger partial charge on any atom is -0.351 e. The van der Waals surface area contributed by atoms with Gasteiger partial charge >= 0.3 is 0 Å². The second kappa shape index (κ2) is 5.69. The Morgan fingerprint density at radius 3 is 2.64 bits per heavy atom. The summed E-state index contributed by atoms with van der Waals surface area (Å²) < 4.78 is 17.9. The number of aromatic nitrogens is 2. The number of carbonyl (C=O) groups is 1. The molecule has 1 aromatic carbocycles. The lowest BCUT2D eigenvalue weighted by atomic mass is 10.1. The molecule has 3 rings (SSSR count). The zero-order valence-corrected chi connectivity index (χ0v) is 12.7. The van der Waals surface area contributed by atoms with Gasteiger partial charge in [-0.25, -0.2) is 9.37 Å². The number of amides is 1. The molecule has 5 nitrogen and oxygen atoms in total. The molecule has 0 radical (unpaired) electrons. The Morgan fingerprint density at radius 1 is 1.27 bits per heavy atom. The fraction of sp³-hybridized carbons (Fsp3) is 0.133. The maximum absolute atomic E-state index is 13.0. The molecule has 7 heteroatoms. The maximum Gasteiger partial charge on any atom is 0.296 e. The molecule has 0 atom stereocenters. The molecule has 0 fully saturated rings. The normalized spacial score (nSPS) is 10.7. The Kier molecular flexibility index (Phi) is 3.72. The SMILES string of the molecule is Cc1cc(C(=O)Nc2nc(-c3ccc(F)cc3)c(C)s2)on1. The first-order valence-corrected chi connectivity index (χ1v) is 7.32. The van der Waals surface area contributed by atoms with E-state index in [0.29, 0.717) is 16.5 Å². The van der Waals surface area contributed by atoms with Gasteiger partial charge < -0.3 is 4.52 Å². The number of thiazole rings is 1. The molecule has 0 aliphatic carbocycles. The van der Waals surface area contributed by atoms with Crippen molar-refractivity contribution in [3.05, 3.63) is 52.5 Å². The van der Waals surface area contributed by atoms with Crippen molar-refractivity contribution in [2.75, 3.05) is 5.32 Å². The molecular weight excluding hydrogens is 305 g/mol. The standard InChI is InChI=1S/C15H12FN3O2S/c1-8-7-12(21-19-8)14(20)18-15-17-13(9(2)22-15)10-3-5-11(16)6-4-10/h3-7H,1-2H3,(H,17,18,20). The lowest BCUT2D eigenvalue weighted by molar-refractivity contribution is 0.0988. The van der Waals surface area contributed by atoms with E-state index in [4.69, 9.17) is 4.52 Å². The topological polar surface area (TPSA) is 68.0 Å². The molecule has 0 aliphatic heterocycles. The smallest absolute Gasteiger partial charge is 0.296 e. The third-order valence-corrected chi connectivity index (χ3v) is 3.87. The Morgan fingerprint density at radius 2 is 2.00 bits per heavy atom. The summed E-state index contributed by atoms with van der Waals surface area (Å²) in [4.78, 5) is 17.3. The molecule has 0 bridgehead atoms. The molecule has 0 spiro atoms. The first-order valence-electron chi connectivity index (χ1n) is 6.51. The largest absolute Gasteiger partial charge is 0.351 e. The molecule has 0 saturated carbocycles. The van der Waals surface area contributed by atoms with E-state index in [-0.39, 0.29) is 11.6 Å². The van der Waals surface area contributed by atoms with Crippen LogP contribution in [0.3, 0.4) is 0 Å². The molecule has 0 saturated heterocycles. The molecule has 2 aromatic heterocycles. The summed E-state index contributed by atoms with van der Waals surface area (Å²) in [6.07, 6.45) is 0. The third kappa shape index (κ3) is 2.89. The molecule has 1 amide bonds. The van der Waals surface area contributed by atoms with Crippen LogP contribution < -0.4 is 5.32 Å². The van der Waals surface area contributed by atoms with Crippen LogP contribution >= 0.6 is 11.3 Å². The molecule has 22 heavy (non-hydrogen) atoms. The first-order chi connectivity index (χ1) is 10.5. The van der Waals surface area contributed by atoms with Gasteiger partial charge in [0.1, 0.15) is 5.82 Å². The predicted molar refractivity (Wildman–Crippen MR) is 81.4 cm³/mol. The minimum absolute atomic E-state index is 0.133. The number of anilines is 1. The summed E-state index contributed by atoms with van der Waals surface area (Å²) in [6.45, 7) is 3.63. The number of rotatable bonds is 3. The summed E-state index contributed by atoms with van der Waals surface area (Å²) in [5.41, 5.74) is 2.15. The summed E-state index contributed by atoms with van der Waals surface area (Å²) in [5, 5.41) is 6.80. The number of hydrogen-bond donors (Lipinski definition) is 1. The molecule has 2 heterocycles. The van der Waals surface area contributed by atoms with Crippen molar-refractivity contribution in [2.24, 2.45) is 0 Å². The van der Waals surface area contributed by atoms with Crippen LogP contribution in [0, 0.1) is 19.7 Å². The van der Waals surface area contributed by atoms with Crippen molar-refractivity contribution in [3.8, 4) is 11.3 Å². The van der Waals surface area contributed by atoms with Gasteiger partial charge in [-0.15, -0.1) is 11.3 Å². The van der Waals surface area contributed by atoms with Crippen molar-refractivity contribution in [1.29, 1.82) is 0 Å². The fourth-order valence-corrected chi connectivity index (χ4v) is 2.79. The van der Waals surface area contributed by atoms with Gasteiger partial charge in [-0.2, -0.15) is 0 Å². The summed E-state index contributed by atoms with van der Waals surface area (Å²) in [7, 11) is 0. The second-order valence-corrected chi connectivity index (χ2v) is 5.92. The maximum atomic E-state index is 13.0. The molecular formula is C15H12FN3O2S. The van der Waals surface area contributed by atoms with Crippen LogP contribution in [-0.2, 0) is 0 Å².